The zero-order chi connectivity index (χ0) is 12.0. The molecule has 0 amide bonds. The van der Waals surface area contributed by atoms with Crippen LogP contribution in [0.15, 0.2) is 18.2 Å². The van der Waals surface area contributed by atoms with Crippen molar-refractivity contribution < 1.29 is 0 Å². The molecule has 0 bridgehead atoms. The normalized spacial score (nSPS) is 16.6. The van der Waals surface area contributed by atoms with Crippen molar-refractivity contribution in [3.8, 4) is 0 Å². The second kappa shape index (κ2) is 3.74. The Morgan fingerprint density at radius 2 is 2.12 bits per heavy atom. The van der Waals surface area contributed by atoms with E-state index >= 15 is 0 Å². The molecule has 0 unspecified atom stereocenters. The van der Waals surface area contributed by atoms with Gasteiger partial charge in [-0.25, -0.2) is 4.98 Å². The first kappa shape index (κ1) is 10.6. The summed E-state index contributed by atoms with van der Waals surface area (Å²) < 4.78 is 2.31. The molecule has 1 aliphatic heterocycles. The van der Waals surface area contributed by atoms with Gasteiger partial charge in [-0.15, -0.1) is 0 Å². The van der Waals surface area contributed by atoms with E-state index < -0.39 is 0 Å². The van der Waals surface area contributed by atoms with Gasteiger partial charge >= 0.3 is 0 Å². The Morgan fingerprint density at radius 1 is 1.29 bits per heavy atom. The van der Waals surface area contributed by atoms with Gasteiger partial charge in [0, 0.05) is 24.8 Å². The molecule has 1 aliphatic rings. The minimum atomic E-state index is 0.577. The molecule has 1 aromatic heterocycles. The molecule has 0 saturated carbocycles. The van der Waals surface area contributed by atoms with Gasteiger partial charge in [-0.05, 0) is 32.0 Å². The lowest BCUT2D eigenvalue weighted by Gasteiger charge is -2.30. The van der Waals surface area contributed by atoms with Crippen molar-refractivity contribution in [2.45, 2.75) is 33.0 Å². The van der Waals surface area contributed by atoms with Gasteiger partial charge in [0.05, 0.1) is 17.6 Å². The smallest absolute Gasteiger partial charge is 0.124 e. The number of imidazole rings is 1. The minimum absolute atomic E-state index is 0.577. The third kappa shape index (κ3) is 1.69. The van der Waals surface area contributed by atoms with Crippen LogP contribution in [-0.4, -0.2) is 27.0 Å². The first-order valence-corrected chi connectivity index (χ1v) is 6.14. The highest BCUT2D eigenvalue weighted by Crippen LogP contribution is 2.23. The Bertz CT molecular complexity index is 556. The van der Waals surface area contributed by atoms with Gasteiger partial charge < -0.3 is 10.3 Å². The summed E-state index contributed by atoms with van der Waals surface area (Å²) >= 11 is 0. The van der Waals surface area contributed by atoms with Gasteiger partial charge in [-0.2, -0.15) is 0 Å². The van der Waals surface area contributed by atoms with Crippen LogP contribution in [0.3, 0.4) is 0 Å². The fraction of sp³-hybridized carbons (Fsp3) is 0.462. The summed E-state index contributed by atoms with van der Waals surface area (Å²) in [5, 5.41) is 0. The van der Waals surface area contributed by atoms with E-state index in [0.29, 0.717) is 6.04 Å². The minimum Gasteiger partial charge on any atom is -0.399 e. The van der Waals surface area contributed by atoms with E-state index in [2.05, 4.69) is 34.4 Å². The fourth-order valence-electron chi connectivity index (χ4n) is 2.50. The molecule has 0 fully saturated rings. The van der Waals surface area contributed by atoms with Gasteiger partial charge in [0.2, 0.25) is 0 Å². The maximum absolute atomic E-state index is 5.80. The summed E-state index contributed by atoms with van der Waals surface area (Å²) in [6.07, 6.45) is 0. The molecule has 2 heterocycles. The number of benzene rings is 1. The third-order valence-electron chi connectivity index (χ3n) is 3.54. The van der Waals surface area contributed by atoms with Gasteiger partial charge in [0.1, 0.15) is 5.82 Å². The van der Waals surface area contributed by atoms with E-state index in [4.69, 9.17) is 5.73 Å². The molecule has 1 aromatic carbocycles. The summed E-state index contributed by atoms with van der Waals surface area (Å²) in [6, 6.07) is 6.56. The summed E-state index contributed by atoms with van der Waals surface area (Å²) in [5.74, 6) is 1.16. The number of rotatable bonds is 1. The van der Waals surface area contributed by atoms with Crippen LogP contribution in [0.25, 0.3) is 11.0 Å². The molecular formula is C13H18N4. The number of hydrogen-bond acceptors (Lipinski definition) is 3. The molecule has 3 rings (SSSR count). The van der Waals surface area contributed by atoms with Gasteiger partial charge in [0.15, 0.2) is 0 Å². The van der Waals surface area contributed by atoms with Gasteiger partial charge in [0.25, 0.3) is 0 Å². The van der Waals surface area contributed by atoms with Gasteiger partial charge in [-0.1, -0.05) is 0 Å². The number of nitrogens with two attached hydrogens (primary N) is 1. The number of nitrogen functional groups attached to an aromatic ring is 1. The van der Waals surface area contributed by atoms with Crippen molar-refractivity contribution in [3.63, 3.8) is 0 Å². The van der Waals surface area contributed by atoms with E-state index in [1.54, 1.807) is 0 Å². The van der Waals surface area contributed by atoms with Crippen LogP contribution in [0, 0.1) is 0 Å². The predicted octanol–water partition coefficient (Wildman–Crippen LogP) is 1.84. The molecule has 4 heteroatoms. The average molecular weight is 230 g/mol. The van der Waals surface area contributed by atoms with Crippen LogP contribution in [0.5, 0.6) is 0 Å². The number of nitrogens with zero attached hydrogens (tertiary/aromatic N) is 3. The molecule has 0 spiro atoms. The molecule has 17 heavy (non-hydrogen) atoms. The van der Waals surface area contributed by atoms with Crippen molar-refractivity contribution in [1.29, 1.82) is 0 Å². The molecule has 2 N–H and O–H groups in total. The molecule has 90 valence electrons. The summed E-state index contributed by atoms with van der Waals surface area (Å²) in [6.45, 7) is 7.52. The van der Waals surface area contributed by atoms with Crippen molar-refractivity contribution in [2.24, 2.45) is 0 Å². The Labute approximate surface area is 101 Å². The van der Waals surface area contributed by atoms with E-state index in [1.165, 1.54) is 5.52 Å². The molecule has 0 aliphatic carbocycles. The first-order valence-electron chi connectivity index (χ1n) is 6.14. The highest BCUT2D eigenvalue weighted by atomic mass is 15.3. The van der Waals surface area contributed by atoms with Crippen molar-refractivity contribution in [1.82, 2.24) is 14.5 Å². The quantitative estimate of drug-likeness (QED) is 0.760. The summed E-state index contributed by atoms with van der Waals surface area (Å²) in [5.41, 5.74) is 8.81. The van der Waals surface area contributed by atoms with Crippen LogP contribution in [0.1, 0.15) is 19.7 Å². The average Bonchev–Trinajstić information content (AvgIpc) is 2.64. The predicted molar refractivity (Wildman–Crippen MR) is 69.7 cm³/mol. The van der Waals surface area contributed by atoms with Crippen LogP contribution < -0.4 is 5.73 Å². The molecular weight excluding hydrogens is 212 g/mol. The molecule has 4 nitrogen and oxygen atoms in total. The zero-order valence-electron chi connectivity index (χ0n) is 10.3. The van der Waals surface area contributed by atoms with Crippen LogP contribution in [0.4, 0.5) is 5.69 Å². The molecule has 0 radical (unpaired) electrons. The van der Waals surface area contributed by atoms with Crippen LogP contribution >= 0.6 is 0 Å². The maximum atomic E-state index is 5.80. The molecule has 0 saturated heterocycles. The maximum Gasteiger partial charge on any atom is 0.124 e. The SMILES string of the molecule is CC(C)N1CCn2c(nc3cc(N)ccc32)C1. The lowest BCUT2D eigenvalue weighted by Crippen LogP contribution is -2.38. The number of aromatic nitrogens is 2. The lowest BCUT2D eigenvalue weighted by molar-refractivity contribution is 0.175. The first-order chi connectivity index (χ1) is 8.15. The van der Waals surface area contributed by atoms with Crippen molar-refractivity contribution in [2.75, 3.05) is 12.3 Å². The summed E-state index contributed by atoms with van der Waals surface area (Å²) in [7, 11) is 0. The van der Waals surface area contributed by atoms with E-state index in [-0.39, 0.29) is 0 Å². The highest BCUT2D eigenvalue weighted by Gasteiger charge is 2.21. The van der Waals surface area contributed by atoms with Crippen molar-refractivity contribution in [3.05, 3.63) is 24.0 Å². The van der Waals surface area contributed by atoms with Crippen LogP contribution in [-0.2, 0) is 13.1 Å². The lowest BCUT2D eigenvalue weighted by atomic mass is 10.2. The fourth-order valence-corrected chi connectivity index (χ4v) is 2.50. The Hall–Kier alpha value is -1.55. The number of fused-ring (bicyclic) bond motifs is 3. The Morgan fingerprint density at radius 3 is 2.88 bits per heavy atom. The largest absolute Gasteiger partial charge is 0.399 e. The Balaban J connectivity index is 2.07. The Kier molecular flexibility index (Phi) is 2.33. The monoisotopic (exact) mass is 230 g/mol. The topological polar surface area (TPSA) is 47.1 Å². The number of anilines is 1. The molecule has 2 aromatic rings. The standard InChI is InChI=1S/C13H18N4/c1-9(2)16-5-6-17-12-4-3-10(14)7-11(12)15-13(17)8-16/h3-4,7,9H,5-6,8,14H2,1-2H3. The van der Waals surface area contributed by atoms with Crippen molar-refractivity contribution >= 4 is 16.7 Å². The third-order valence-corrected chi connectivity index (χ3v) is 3.54. The second-order valence-corrected chi connectivity index (χ2v) is 4.99. The van der Waals surface area contributed by atoms with Gasteiger partial charge in [-0.3, -0.25) is 4.90 Å². The van der Waals surface area contributed by atoms with E-state index in [0.717, 1.165) is 36.7 Å². The summed E-state index contributed by atoms with van der Waals surface area (Å²) in [4.78, 5) is 7.14. The zero-order valence-corrected chi connectivity index (χ0v) is 10.3. The molecule has 0 atom stereocenters. The highest BCUT2D eigenvalue weighted by molar-refractivity contribution is 5.79. The van der Waals surface area contributed by atoms with E-state index in [9.17, 15) is 0 Å². The van der Waals surface area contributed by atoms with E-state index in [1.807, 2.05) is 12.1 Å². The second-order valence-electron chi connectivity index (χ2n) is 4.99. The van der Waals surface area contributed by atoms with Crippen LogP contribution in [0.2, 0.25) is 0 Å². The number of hydrogen-bond donors (Lipinski definition) is 1.